The summed E-state index contributed by atoms with van der Waals surface area (Å²) in [7, 11) is 1.45. The Kier molecular flexibility index (Phi) is 4.98. The van der Waals surface area contributed by atoms with Gasteiger partial charge in [-0.05, 0) is 36.6 Å². The summed E-state index contributed by atoms with van der Waals surface area (Å²) in [6.45, 7) is 3.82. The summed E-state index contributed by atoms with van der Waals surface area (Å²) in [5.41, 5.74) is 3.21. The van der Waals surface area contributed by atoms with Gasteiger partial charge in [-0.25, -0.2) is 9.59 Å². The van der Waals surface area contributed by atoms with E-state index in [1.807, 2.05) is 50.2 Å². The summed E-state index contributed by atoms with van der Waals surface area (Å²) in [5, 5.41) is 11.0. The lowest BCUT2D eigenvalue weighted by Crippen LogP contribution is -2.28. The van der Waals surface area contributed by atoms with Crippen molar-refractivity contribution >= 4 is 27.3 Å². The molecule has 0 bridgehead atoms. The van der Waals surface area contributed by atoms with Crippen LogP contribution in [0.1, 0.15) is 28.4 Å². The van der Waals surface area contributed by atoms with Gasteiger partial charge >= 0.3 is 11.9 Å². The van der Waals surface area contributed by atoms with Crippen molar-refractivity contribution in [3.63, 3.8) is 0 Å². The monoisotopic (exact) mass is 372 g/mol. The molecule has 2 atom stereocenters. The average molecular weight is 372 g/mol. The van der Waals surface area contributed by atoms with Gasteiger partial charge in [-0.15, -0.1) is 10.5 Å². The zero-order valence-corrected chi connectivity index (χ0v) is 15.8. The molecule has 0 saturated carbocycles. The molecule has 5 nitrogen and oxygen atoms in total. The third kappa shape index (κ3) is 2.75. The molecular weight excluding hydrogens is 352 g/mol. The molecule has 1 N–H and O–H groups in total. The Morgan fingerprint density at radius 3 is 2.15 bits per heavy atom. The van der Waals surface area contributed by atoms with Crippen molar-refractivity contribution in [1.29, 1.82) is 0 Å². The largest absolute Gasteiger partial charge is 0.465 e. The Labute approximate surface area is 154 Å². The fourth-order valence-corrected chi connectivity index (χ4v) is 5.88. The summed E-state index contributed by atoms with van der Waals surface area (Å²) in [6.07, 6.45) is -0.818. The molecule has 1 aliphatic rings. The third-order valence-corrected chi connectivity index (χ3v) is 6.97. The highest BCUT2D eigenvalue weighted by Gasteiger charge is 2.35. The van der Waals surface area contributed by atoms with Gasteiger partial charge in [0.15, 0.2) is 4.86 Å². The lowest BCUT2D eigenvalue weighted by molar-refractivity contribution is -0.137. The number of carbonyl (C=O) groups excluding carboxylic acids is 2. The fourth-order valence-electron chi connectivity index (χ4n) is 3.22. The van der Waals surface area contributed by atoms with Gasteiger partial charge in [0, 0.05) is 15.4 Å². The summed E-state index contributed by atoms with van der Waals surface area (Å²) >= 11 is 0. The molecule has 0 radical (unpaired) electrons. The maximum Gasteiger partial charge on any atom is 0.351 e. The Bertz CT molecular complexity index is 927. The van der Waals surface area contributed by atoms with E-state index in [4.69, 9.17) is 9.47 Å². The normalized spacial score (nSPS) is 17.7. The molecule has 0 spiro atoms. The van der Waals surface area contributed by atoms with E-state index >= 15 is 0 Å². The Morgan fingerprint density at radius 2 is 1.54 bits per heavy atom. The van der Waals surface area contributed by atoms with Gasteiger partial charge in [0.2, 0.25) is 0 Å². The molecule has 26 heavy (non-hydrogen) atoms. The molecule has 0 amide bonds. The van der Waals surface area contributed by atoms with Crippen LogP contribution in [-0.4, -0.2) is 36.1 Å². The van der Waals surface area contributed by atoms with E-state index in [9.17, 15) is 14.7 Å². The fraction of sp³-hybridized carbons (Fsp3) is 0.250. The molecule has 2 aromatic carbocycles. The number of esters is 2. The number of methoxy groups -OCH3 is 2. The highest BCUT2D eigenvalue weighted by molar-refractivity contribution is 8.18. The van der Waals surface area contributed by atoms with Crippen LogP contribution >= 0.6 is 10.5 Å². The van der Waals surface area contributed by atoms with E-state index in [0.717, 1.165) is 26.5 Å². The summed E-state index contributed by atoms with van der Waals surface area (Å²) < 4.78 is 9.77. The minimum Gasteiger partial charge on any atom is -0.465 e. The van der Waals surface area contributed by atoms with Crippen LogP contribution in [0.2, 0.25) is 0 Å². The SMILES string of the molecule is COC(=O)C(C(=O)OC)=S1c2ccccc2[C@@H](O)c2c(C)ccc(C)c21. The van der Waals surface area contributed by atoms with Crippen molar-refractivity contribution in [2.24, 2.45) is 0 Å². The van der Waals surface area contributed by atoms with E-state index in [1.165, 1.54) is 14.2 Å². The minimum atomic E-state index is -1.03. The van der Waals surface area contributed by atoms with E-state index in [-0.39, 0.29) is 4.86 Å². The van der Waals surface area contributed by atoms with Gasteiger partial charge in [-0.2, -0.15) is 0 Å². The number of benzene rings is 2. The number of rotatable bonds is 2. The van der Waals surface area contributed by atoms with Gasteiger partial charge < -0.3 is 14.6 Å². The summed E-state index contributed by atoms with van der Waals surface area (Å²) in [4.78, 5) is 26.4. The average Bonchev–Trinajstić information content (AvgIpc) is 2.66. The number of aryl methyl sites for hydroxylation is 2. The Hall–Kier alpha value is -2.44. The molecular formula is C20H20O5S. The second kappa shape index (κ2) is 7.05. The van der Waals surface area contributed by atoms with Crippen LogP contribution in [0, 0.1) is 13.8 Å². The third-order valence-electron chi connectivity index (χ3n) is 4.47. The van der Waals surface area contributed by atoms with Gasteiger partial charge in [-0.3, -0.25) is 0 Å². The Morgan fingerprint density at radius 1 is 0.962 bits per heavy atom. The van der Waals surface area contributed by atoms with Crippen molar-refractivity contribution < 1.29 is 24.2 Å². The molecule has 1 aliphatic heterocycles. The number of hydrogen-bond acceptors (Lipinski definition) is 5. The summed E-state index contributed by atoms with van der Waals surface area (Å²) in [5.74, 6) is -1.45. The smallest absolute Gasteiger partial charge is 0.351 e. The van der Waals surface area contributed by atoms with Crippen LogP contribution in [-0.2, 0) is 19.1 Å². The van der Waals surface area contributed by atoms with Gasteiger partial charge in [0.25, 0.3) is 0 Å². The van der Waals surface area contributed by atoms with Crippen LogP contribution in [0.3, 0.4) is 0 Å². The van der Waals surface area contributed by atoms with E-state index in [2.05, 4.69) is 0 Å². The standard InChI is InChI=1S/C20H20O5S/c1-11-9-10-12(2)17-15(11)16(21)13-7-5-6-8-14(13)26(17)18(19(22)24-3)20(23)25-4/h5-10,16,21H,1-4H3/t16-,26?/m1/s1. The number of carbonyl (C=O) groups is 2. The minimum absolute atomic E-state index is 0.0655. The first kappa shape index (κ1) is 18.4. The van der Waals surface area contributed by atoms with Crippen molar-refractivity contribution in [3.8, 4) is 0 Å². The zero-order chi connectivity index (χ0) is 19.0. The predicted octanol–water partition coefficient (Wildman–Crippen LogP) is 2.90. The molecule has 0 saturated heterocycles. The van der Waals surface area contributed by atoms with Gasteiger partial charge in [0.1, 0.15) is 6.10 Å². The maximum atomic E-state index is 12.5. The van der Waals surface area contributed by atoms with Crippen molar-refractivity contribution in [3.05, 3.63) is 58.7 Å². The van der Waals surface area contributed by atoms with Crippen LogP contribution in [0.15, 0.2) is 46.2 Å². The quantitative estimate of drug-likeness (QED) is 0.499. The first-order valence-corrected chi connectivity index (χ1v) is 9.29. The highest BCUT2D eigenvalue weighted by atomic mass is 32.2. The van der Waals surface area contributed by atoms with Gasteiger partial charge in [-0.1, -0.05) is 30.3 Å². The summed E-state index contributed by atoms with van der Waals surface area (Å²) in [6, 6.07) is 11.2. The maximum absolute atomic E-state index is 12.5. The van der Waals surface area contributed by atoms with E-state index < -0.39 is 28.5 Å². The van der Waals surface area contributed by atoms with Crippen LogP contribution in [0.5, 0.6) is 0 Å². The highest BCUT2D eigenvalue weighted by Crippen LogP contribution is 2.52. The number of ether oxygens (including phenoxy) is 2. The van der Waals surface area contributed by atoms with Crippen molar-refractivity contribution in [2.45, 2.75) is 29.7 Å². The van der Waals surface area contributed by atoms with Crippen LogP contribution in [0.4, 0.5) is 0 Å². The van der Waals surface area contributed by atoms with Crippen molar-refractivity contribution in [2.75, 3.05) is 14.2 Å². The number of aliphatic hydroxyl groups is 1. The molecule has 1 unspecified atom stereocenters. The van der Waals surface area contributed by atoms with E-state index in [1.54, 1.807) is 0 Å². The van der Waals surface area contributed by atoms with Crippen LogP contribution < -0.4 is 0 Å². The topological polar surface area (TPSA) is 72.8 Å². The molecule has 0 aliphatic carbocycles. The second-order valence-electron chi connectivity index (χ2n) is 6.00. The Balaban J connectivity index is 2.52. The first-order chi connectivity index (χ1) is 12.4. The lowest BCUT2D eigenvalue weighted by Gasteiger charge is -2.31. The second-order valence-corrected chi connectivity index (χ2v) is 7.87. The lowest BCUT2D eigenvalue weighted by atomic mass is 9.95. The van der Waals surface area contributed by atoms with Crippen molar-refractivity contribution in [1.82, 2.24) is 0 Å². The molecule has 0 aromatic heterocycles. The molecule has 136 valence electrons. The number of fused-ring (bicyclic) bond motifs is 2. The molecule has 0 fully saturated rings. The molecule has 3 rings (SSSR count). The van der Waals surface area contributed by atoms with Crippen LogP contribution in [0.25, 0.3) is 0 Å². The number of aliphatic hydroxyl groups excluding tert-OH is 1. The molecule has 1 heterocycles. The first-order valence-electron chi connectivity index (χ1n) is 8.07. The van der Waals surface area contributed by atoms with E-state index in [0.29, 0.717) is 5.56 Å². The zero-order valence-electron chi connectivity index (χ0n) is 15.0. The van der Waals surface area contributed by atoms with Gasteiger partial charge in [0.05, 0.1) is 14.2 Å². The number of hydrogen-bond donors (Lipinski definition) is 1. The predicted molar refractivity (Wildman–Crippen MR) is 99.6 cm³/mol. The molecule has 2 aromatic rings. The molecule has 6 heteroatoms.